The van der Waals surface area contributed by atoms with Gasteiger partial charge in [-0.3, -0.25) is 0 Å². The van der Waals surface area contributed by atoms with Crippen LogP contribution in [0.5, 0.6) is 0 Å². The number of hydrogen-bond donors (Lipinski definition) is 1. The molecule has 2 aromatic heterocycles. The second kappa shape index (κ2) is 7.00. The fraction of sp³-hybridized carbons (Fsp3) is 0.250. The highest BCUT2D eigenvalue weighted by atomic mass is 35.5. The fourth-order valence-corrected chi connectivity index (χ4v) is 2.93. The molecule has 0 radical (unpaired) electrons. The highest BCUT2D eigenvalue weighted by Gasteiger charge is 2.44. The van der Waals surface area contributed by atoms with Gasteiger partial charge in [0.15, 0.2) is 11.0 Å². The Morgan fingerprint density at radius 3 is 2.50 bits per heavy atom. The molecule has 26 heavy (non-hydrogen) atoms. The molecule has 2 atom stereocenters. The van der Waals surface area contributed by atoms with E-state index in [-0.39, 0.29) is 5.69 Å². The van der Waals surface area contributed by atoms with E-state index in [1.807, 2.05) is 0 Å². The molecule has 6 nitrogen and oxygen atoms in total. The Hall–Kier alpha value is -2.52. The summed E-state index contributed by atoms with van der Waals surface area (Å²) < 4.78 is 44.4. The van der Waals surface area contributed by atoms with E-state index in [0.29, 0.717) is 0 Å². The predicted molar refractivity (Wildman–Crippen MR) is 85.7 cm³/mol. The topological polar surface area (TPSA) is 76.7 Å². The van der Waals surface area contributed by atoms with Crippen molar-refractivity contribution in [2.24, 2.45) is 0 Å². The van der Waals surface area contributed by atoms with Crippen LogP contribution < -0.4 is 0 Å². The number of hydrogen-bond acceptors (Lipinski definition) is 5. The van der Waals surface area contributed by atoms with Crippen LogP contribution in [0.15, 0.2) is 37.2 Å². The molecule has 0 aliphatic heterocycles. The zero-order valence-electron chi connectivity index (χ0n) is 13.4. The second-order valence-corrected chi connectivity index (χ2v) is 6.06. The van der Waals surface area contributed by atoms with Crippen LogP contribution in [0.25, 0.3) is 0 Å². The molecule has 1 N–H and O–H groups in total. The van der Waals surface area contributed by atoms with Crippen molar-refractivity contribution in [3.8, 4) is 0 Å². The zero-order chi connectivity index (χ0) is 18.9. The summed E-state index contributed by atoms with van der Waals surface area (Å²) in [5, 5.41) is 14.7. The number of aliphatic hydroxyl groups is 1. The van der Waals surface area contributed by atoms with Crippen LogP contribution in [-0.4, -0.2) is 29.8 Å². The minimum absolute atomic E-state index is 0.282. The van der Waals surface area contributed by atoms with Gasteiger partial charge in [-0.25, -0.2) is 32.8 Å². The van der Waals surface area contributed by atoms with Crippen molar-refractivity contribution in [2.45, 2.75) is 25.0 Å². The van der Waals surface area contributed by atoms with Gasteiger partial charge in [-0.05, 0) is 12.1 Å². The first-order chi connectivity index (χ1) is 12.3. The van der Waals surface area contributed by atoms with Gasteiger partial charge in [0.05, 0.1) is 17.8 Å². The normalized spacial score (nSPS) is 14.8. The van der Waals surface area contributed by atoms with Crippen LogP contribution >= 0.6 is 11.6 Å². The zero-order valence-corrected chi connectivity index (χ0v) is 14.2. The number of rotatable bonds is 5. The van der Waals surface area contributed by atoms with Gasteiger partial charge in [-0.1, -0.05) is 24.6 Å². The molecule has 136 valence electrons. The van der Waals surface area contributed by atoms with E-state index in [9.17, 15) is 18.3 Å². The molecule has 1 aromatic carbocycles. The van der Waals surface area contributed by atoms with Crippen molar-refractivity contribution in [3.05, 3.63) is 71.0 Å². The Balaban J connectivity index is 2.19. The second-order valence-electron chi connectivity index (χ2n) is 5.70. The molecule has 0 saturated carbocycles. The Kier molecular flexibility index (Phi) is 4.92. The van der Waals surface area contributed by atoms with E-state index in [2.05, 4.69) is 20.1 Å². The largest absolute Gasteiger partial charge is 0.382 e. The SMILES string of the molecule is CC(c1ncnc(Cl)c1F)C(O)(Cn1cncn1)c1c(F)cccc1F. The lowest BCUT2D eigenvalue weighted by atomic mass is 9.79. The average molecular weight is 384 g/mol. The van der Waals surface area contributed by atoms with Gasteiger partial charge in [0.1, 0.15) is 36.2 Å². The predicted octanol–water partition coefficient (Wildman–Crippen LogP) is 2.83. The smallest absolute Gasteiger partial charge is 0.182 e. The van der Waals surface area contributed by atoms with Gasteiger partial charge in [-0.2, -0.15) is 5.10 Å². The molecule has 0 aliphatic rings. The Labute approximate surface area is 151 Å². The molecular formula is C16H13ClF3N5O. The Morgan fingerprint density at radius 1 is 1.19 bits per heavy atom. The number of benzene rings is 1. The molecule has 0 amide bonds. The minimum atomic E-state index is -2.23. The summed E-state index contributed by atoms with van der Waals surface area (Å²) in [4.78, 5) is 11.0. The highest BCUT2D eigenvalue weighted by molar-refractivity contribution is 6.29. The third-order valence-electron chi connectivity index (χ3n) is 4.17. The number of aromatic nitrogens is 5. The maximum atomic E-state index is 14.4. The van der Waals surface area contributed by atoms with Crippen molar-refractivity contribution in [2.75, 3.05) is 0 Å². The van der Waals surface area contributed by atoms with Crippen LogP contribution in [0.4, 0.5) is 13.2 Å². The van der Waals surface area contributed by atoms with Crippen LogP contribution in [0.3, 0.4) is 0 Å². The summed E-state index contributed by atoms with van der Waals surface area (Å²) in [5.41, 5.74) is -3.14. The lowest BCUT2D eigenvalue weighted by Gasteiger charge is -2.34. The van der Waals surface area contributed by atoms with E-state index in [4.69, 9.17) is 11.6 Å². The van der Waals surface area contributed by atoms with Crippen molar-refractivity contribution < 1.29 is 18.3 Å². The lowest BCUT2D eigenvalue weighted by Crippen LogP contribution is -2.39. The van der Waals surface area contributed by atoms with Crippen LogP contribution in [0, 0.1) is 17.5 Å². The van der Waals surface area contributed by atoms with Crippen molar-refractivity contribution >= 4 is 11.6 Å². The molecule has 10 heteroatoms. The molecule has 0 aliphatic carbocycles. The van der Waals surface area contributed by atoms with E-state index in [0.717, 1.165) is 24.5 Å². The molecule has 3 aromatic rings. The maximum Gasteiger partial charge on any atom is 0.182 e. The van der Waals surface area contributed by atoms with E-state index in [1.165, 1.54) is 24.3 Å². The van der Waals surface area contributed by atoms with E-state index in [1.54, 1.807) is 0 Å². The summed E-state index contributed by atoms with van der Waals surface area (Å²) in [6, 6.07) is 3.17. The molecular weight excluding hydrogens is 371 g/mol. The minimum Gasteiger partial charge on any atom is -0.382 e. The van der Waals surface area contributed by atoms with Crippen molar-refractivity contribution in [1.82, 2.24) is 24.7 Å². The Bertz CT molecular complexity index is 904. The van der Waals surface area contributed by atoms with Crippen molar-refractivity contribution in [1.29, 1.82) is 0 Å². The molecule has 0 saturated heterocycles. The third-order valence-corrected chi connectivity index (χ3v) is 4.43. The van der Waals surface area contributed by atoms with Gasteiger partial charge in [0.25, 0.3) is 0 Å². The maximum absolute atomic E-state index is 14.4. The summed E-state index contributed by atoms with van der Waals surface area (Å²) in [7, 11) is 0. The van der Waals surface area contributed by atoms with Gasteiger partial charge < -0.3 is 5.11 Å². The molecule has 2 heterocycles. The lowest BCUT2D eigenvalue weighted by molar-refractivity contribution is -0.0165. The summed E-state index contributed by atoms with van der Waals surface area (Å²) >= 11 is 5.68. The highest BCUT2D eigenvalue weighted by Crippen LogP contribution is 2.41. The standard InChI is InChI=1S/C16H13ClF3N5O/c1-9(14-13(20)15(17)23-7-22-14)16(26,5-25-8-21-6-24-25)12-10(18)3-2-4-11(12)19/h2-4,6-9,26H,5H2,1H3. The Morgan fingerprint density at radius 2 is 1.88 bits per heavy atom. The summed E-state index contributed by atoms with van der Waals surface area (Å²) in [5.74, 6) is -4.14. The van der Waals surface area contributed by atoms with Crippen LogP contribution in [0.2, 0.25) is 5.15 Å². The summed E-state index contributed by atoms with van der Waals surface area (Å²) in [6.45, 7) is 0.984. The van der Waals surface area contributed by atoms with E-state index < -0.39 is 46.2 Å². The number of halogens is 4. The molecule has 3 rings (SSSR count). The van der Waals surface area contributed by atoms with Crippen LogP contribution in [-0.2, 0) is 12.1 Å². The molecule has 0 spiro atoms. The fourth-order valence-electron chi connectivity index (χ4n) is 2.79. The van der Waals surface area contributed by atoms with E-state index >= 15 is 0 Å². The van der Waals surface area contributed by atoms with Gasteiger partial charge in [0, 0.05) is 5.92 Å². The van der Waals surface area contributed by atoms with Crippen molar-refractivity contribution in [3.63, 3.8) is 0 Å². The third kappa shape index (κ3) is 3.15. The molecule has 0 fully saturated rings. The number of nitrogens with zero attached hydrogens (tertiary/aromatic N) is 5. The summed E-state index contributed by atoms with van der Waals surface area (Å²) in [6.07, 6.45) is 3.47. The average Bonchev–Trinajstić information content (AvgIpc) is 3.09. The van der Waals surface area contributed by atoms with Gasteiger partial charge >= 0.3 is 0 Å². The quantitative estimate of drug-likeness (QED) is 0.686. The first-order valence-electron chi connectivity index (χ1n) is 7.49. The molecule has 0 bridgehead atoms. The first kappa shape index (κ1) is 18.3. The van der Waals surface area contributed by atoms with Gasteiger partial charge in [0.2, 0.25) is 0 Å². The monoisotopic (exact) mass is 383 g/mol. The van der Waals surface area contributed by atoms with Crippen LogP contribution in [0.1, 0.15) is 24.1 Å². The first-order valence-corrected chi connectivity index (χ1v) is 7.87. The van der Waals surface area contributed by atoms with Gasteiger partial charge in [-0.15, -0.1) is 0 Å². The molecule has 2 unspecified atom stereocenters.